The number of hydrogen-bond donors (Lipinski definition) is 3. The van der Waals surface area contributed by atoms with Crippen molar-refractivity contribution >= 4 is 5.78 Å². The van der Waals surface area contributed by atoms with Crippen LogP contribution in [0.3, 0.4) is 0 Å². The van der Waals surface area contributed by atoms with Crippen molar-refractivity contribution in [1.82, 2.24) is 5.32 Å². The number of Topliss-reactive ketones (excluding diaryl/α,β-unsaturated/α-hetero) is 1. The summed E-state index contributed by atoms with van der Waals surface area (Å²) in [5, 5.41) is 14.0. The van der Waals surface area contributed by atoms with E-state index in [4.69, 9.17) is 10.5 Å². The third kappa shape index (κ3) is 4.43. The standard InChI is InChI=1S/C23H30N2O3/c1-23(2)13-20(18-12-16(28-3)9-10-17(18)22(23)27)25-14-21(26)19(24)11-15-7-5-4-6-8-15/h4-10,12,19-21,25-26H,11,13-14,24H2,1-3H3/t19-,20?,21+/m0/s1. The van der Waals surface area contributed by atoms with Crippen LogP contribution in [0.4, 0.5) is 0 Å². The number of rotatable bonds is 7. The molecule has 0 spiro atoms. The van der Waals surface area contributed by atoms with Crippen molar-refractivity contribution in [2.75, 3.05) is 13.7 Å². The third-order valence-electron chi connectivity index (χ3n) is 5.59. The van der Waals surface area contributed by atoms with Gasteiger partial charge in [-0.05, 0) is 42.2 Å². The summed E-state index contributed by atoms with van der Waals surface area (Å²) in [6, 6.07) is 15.1. The number of nitrogens with two attached hydrogens (primary N) is 1. The molecule has 0 saturated heterocycles. The molecule has 0 saturated carbocycles. The van der Waals surface area contributed by atoms with Gasteiger partial charge < -0.3 is 20.9 Å². The van der Waals surface area contributed by atoms with E-state index in [-0.39, 0.29) is 17.9 Å². The molecule has 3 rings (SSSR count). The summed E-state index contributed by atoms with van der Waals surface area (Å²) < 4.78 is 5.34. The lowest BCUT2D eigenvalue weighted by atomic mass is 9.71. The van der Waals surface area contributed by atoms with Gasteiger partial charge in [0.15, 0.2) is 5.78 Å². The Morgan fingerprint density at radius 1 is 1.25 bits per heavy atom. The van der Waals surface area contributed by atoms with Gasteiger partial charge in [-0.1, -0.05) is 44.2 Å². The SMILES string of the molecule is COc1ccc2c(c1)C(NC[C@@H](O)[C@@H](N)Cc1ccccc1)CC(C)(C)C2=O. The fourth-order valence-corrected chi connectivity index (χ4v) is 3.86. The molecule has 0 radical (unpaired) electrons. The average molecular weight is 383 g/mol. The molecule has 4 N–H and O–H groups in total. The monoisotopic (exact) mass is 382 g/mol. The molecule has 5 nitrogen and oxygen atoms in total. The molecule has 2 aromatic rings. The second-order valence-corrected chi connectivity index (χ2v) is 8.25. The lowest BCUT2D eigenvalue weighted by molar-refractivity contribution is 0.0774. The van der Waals surface area contributed by atoms with Crippen molar-refractivity contribution in [2.45, 2.75) is 44.9 Å². The number of ether oxygens (including phenoxy) is 1. The Balaban J connectivity index is 1.71. The summed E-state index contributed by atoms with van der Waals surface area (Å²) in [5.41, 5.74) is 8.50. The number of ketones is 1. The van der Waals surface area contributed by atoms with Gasteiger partial charge in [-0.25, -0.2) is 0 Å². The molecule has 150 valence electrons. The normalized spacial score (nSPS) is 20.3. The van der Waals surface area contributed by atoms with Gasteiger partial charge >= 0.3 is 0 Å². The second-order valence-electron chi connectivity index (χ2n) is 8.25. The predicted octanol–water partition coefficient (Wildman–Crippen LogP) is 2.87. The van der Waals surface area contributed by atoms with Gasteiger partial charge in [0.1, 0.15) is 5.75 Å². The van der Waals surface area contributed by atoms with Gasteiger partial charge in [0.2, 0.25) is 0 Å². The highest BCUT2D eigenvalue weighted by atomic mass is 16.5. The molecule has 1 aliphatic rings. The van der Waals surface area contributed by atoms with Crippen molar-refractivity contribution in [1.29, 1.82) is 0 Å². The largest absolute Gasteiger partial charge is 0.497 e. The van der Waals surface area contributed by atoms with E-state index in [1.807, 2.05) is 62.4 Å². The number of carbonyl (C=O) groups is 1. The third-order valence-corrected chi connectivity index (χ3v) is 5.59. The number of methoxy groups -OCH3 is 1. The Morgan fingerprint density at radius 3 is 2.64 bits per heavy atom. The van der Waals surface area contributed by atoms with E-state index < -0.39 is 11.5 Å². The van der Waals surface area contributed by atoms with E-state index in [2.05, 4.69) is 5.32 Å². The maximum absolute atomic E-state index is 12.8. The molecule has 0 heterocycles. The smallest absolute Gasteiger partial charge is 0.168 e. The average Bonchev–Trinajstić information content (AvgIpc) is 2.69. The molecule has 0 fully saturated rings. The van der Waals surface area contributed by atoms with Crippen LogP contribution in [-0.4, -0.2) is 36.7 Å². The molecular weight excluding hydrogens is 352 g/mol. The number of nitrogens with one attached hydrogen (secondary N) is 1. The van der Waals surface area contributed by atoms with Gasteiger partial charge in [-0.3, -0.25) is 4.79 Å². The van der Waals surface area contributed by atoms with E-state index in [1.54, 1.807) is 7.11 Å². The summed E-state index contributed by atoms with van der Waals surface area (Å²) in [4.78, 5) is 12.8. The van der Waals surface area contributed by atoms with Crippen molar-refractivity contribution in [3.05, 3.63) is 65.2 Å². The van der Waals surface area contributed by atoms with Gasteiger partial charge in [-0.2, -0.15) is 0 Å². The first-order valence-corrected chi connectivity index (χ1v) is 9.75. The van der Waals surface area contributed by atoms with Gasteiger partial charge in [0.05, 0.1) is 13.2 Å². The van der Waals surface area contributed by atoms with Crippen molar-refractivity contribution in [3.63, 3.8) is 0 Å². The van der Waals surface area contributed by atoms with Crippen LogP contribution >= 0.6 is 0 Å². The molecule has 0 amide bonds. The number of aliphatic hydroxyl groups is 1. The molecule has 1 unspecified atom stereocenters. The summed E-state index contributed by atoms with van der Waals surface area (Å²) in [6.07, 6.45) is 0.588. The Bertz CT molecular complexity index is 820. The van der Waals surface area contributed by atoms with E-state index in [1.165, 1.54) is 0 Å². The summed E-state index contributed by atoms with van der Waals surface area (Å²) >= 11 is 0. The molecule has 0 bridgehead atoms. The second kappa shape index (κ2) is 8.43. The lowest BCUT2D eigenvalue weighted by Gasteiger charge is -2.37. The zero-order valence-electron chi connectivity index (χ0n) is 16.8. The number of benzene rings is 2. The fraction of sp³-hybridized carbons (Fsp3) is 0.435. The molecular formula is C23H30N2O3. The molecule has 1 aliphatic carbocycles. The van der Waals surface area contributed by atoms with Crippen LogP contribution in [-0.2, 0) is 6.42 Å². The van der Waals surface area contributed by atoms with E-state index >= 15 is 0 Å². The first kappa shape index (κ1) is 20.5. The molecule has 28 heavy (non-hydrogen) atoms. The first-order chi connectivity index (χ1) is 13.3. The minimum absolute atomic E-state index is 0.0450. The molecule has 2 aromatic carbocycles. The van der Waals surface area contributed by atoms with Gasteiger partial charge in [-0.15, -0.1) is 0 Å². The van der Waals surface area contributed by atoms with Crippen LogP contribution in [0.15, 0.2) is 48.5 Å². The molecule has 5 heteroatoms. The Kier molecular flexibility index (Phi) is 6.18. The van der Waals surface area contributed by atoms with E-state index in [0.717, 1.165) is 22.4 Å². The fourth-order valence-electron chi connectivity index (χ4n) is 3.86. The Hall–Kier alpha value is -2.21. The Morgan fingerprint density at radius 2 is 1.96 bits per heavy atom. The highest BCUT2D eigenvalue weighted by molar-refractivity contribution is 6.02. The van der Waals surface area contributed by atoms with E-state index in [0.29, 0.717) is 19.4 Å². The van der Waals surface area contributed by atoms with Crippen molar-refractivity contribution in [2.24, 2.45) is 11.1 Å². The number of hydrogen-bond acceptors (Lipinski definition) is 5. The first-order valence-electron chi connectivity index (χ1n) is 9.75. The van der Waals surface area contributed by atoms with Crippen LogP contribution in [0.1, 0.15) is 47.8 Å². The topological polar surface area (TPSA) is 84.6 Å². The van der Waals surface area contributed by atoms with Crippen molar-refractivity contribution in [3.8, 4) is 5.75 Å². The zero-order valence-corrected chi connectivity index (χ0v) is 16.8. The number of carbonyl (C=O) groups excluding carboxylic acids is 1. The summed E-state index contributed by atoms with van der Waals surface area (Å²) in [7, 11) is 1.62. The van der Waals surface area contributed by atoms with Crippen LogP contribution in [0.2, 0.25) is 0 Å². The van der Waals surface area contributed by atoms with Crippen LogP contribution in [0.5, 0.6) is 5.75 Å². The number of fused-ring (bicyclic) bond motifs is 1. The maximum Gasteiger partial charge on any atom is 0.168 e. The highest BCUT2D eigenvalue weighted by Crippen LogP contribution is 2.41. The minimum atomic E-state index is -0.685. The van der Waals surface area contributed by atoms with Gasteiger partial charge in [0, 0.05) is 29.6 Å². The molecule has 0 aliphatic heterocycles. The summed E-state index contributed by atoms with van der Waals surface area (Å²) in [5.74, 6) is 0.865. The maximum atomic E-state index is 12.8. The van der Waals surface area contributed by atoms with Crippen molar-refractivity contribution < 1.29 is 14.6 Å². The Labute approximate surface area is 166 Å². The van der Waals surface area contributed by atoms with Gasteiger partial charge in [0.25, 0.3) is 0 Å². The highest BCUT2D eigenvalue weighted by Gasteiger charge is 2.39. The minimum Gasteiger partial charge on any atom is -0.497 e. The lowest BCUT2D eigenvalue weighted by Crippen LogP contribution is -2.46. The predicted molar refractivity (Wildman–Crippen MR) is 111 cm³/mol. The molecule has 3 atom stereocenters. The molecule has 0 aromatic heterocycles. The zero-order chi connectivity index (χ0) is 20.3. The number of aliphatic hydroxyl groups excluding tert-OH is 1. The van der Waals surface area contributed by atoms with Crippen LogP contribution in [0, 0.1) is 5.41 Å². The quantitative estimate of drug-likeness (QED) is 0.686. The van der Waals surface area contributed by atoms with Crippen LogP contribution < -0.4 is 15.8 Å². The summed E-state index contributed by atoms with van der Waals surface area (Å²) in [6.45, 7) is 4.29. The van der Waals surface area contributed by atoms with E-state index in [9.17, 15) is 9.90 Å². The van der Waals surface area contributed by atoms with Crippen LogP contribution in [0.25, 0.3) is 0 Å².